The molecule has 0 fully saturated rings. The van der Waals surface area contributed by atoms with Gasteiger partial charge in [0.25, 0.3) is 5.91 Å². The van der Waals surface area contributed by atoms with Crippen LogP contribution in [-0.2, 0) is 6.61 Å². The Morgan fingerprint density at radius 2 is 1.94 bits per heavy atom. The van der Waals surface area contributed by atoms with Gasteiger partial charge in [-0.1, -0.05) is 24.3 Å². The zero-order valence-corrected chi connectivity index (χ0v) is 17.5. The number of pyridine rings is 1. The number of carbonyl (C=O) groups excluding carboxylic acids is 1. The van der Waals surface area contributed by atoms with E-state index < -0.39 is 5.82 Å². The molecule has 31 heavy (non-hydrogen) atoms. The fourth-order valence-electron chi connectivity index (χ4n) is 3.18. The topological polar surface area (TPSA) is 67.6 Å². The molecule has 2 aromatic carbocycles. The minimum Gasteiger partial charge on any atom is -0.489 e. The minimum atomic E-state index is -0.422. The standard InChI is InChI=1S/C24H22FN3O3/c1-15-9-10-20(19(25)11-15)27-21-18-13-26-12-16(14-30-17-7-5-4-6-8-17)22(18)31-23(21)24(29)28(2)3/h4-13,27H,14H2,1-3H3. The fraction of sp³-hybridized carbons (Fsp3) is 0.167. The van der Waals surface area contributed by atoms with Gasteiger partial charge in [-0.15, -0.1) is 0 Å². The van der Waals surface area contributed by atoms with Gasteiger partial charge in [-0.05, 0) is 36.8 Å². The Balaban J connectivity index is 1.77. The quantitative estimate of drug-likeness (QED) is 0.459. The van der Waals surface area contributed by atoms with Crippen LogP contribution >= 0.6 is 0 Å². The Morgan fingerprint density at radius 1 is 1.16 bits per heavy atom. The van der Waals surface area contributed by atoms with Crippen LogP contribution in [0.1, 0.15) is 21.7 Å². The Bertz CT molecular complexity index is 1240. The summed E-state index contributed by atoms with van der Waals surface area (Å²) in [5.41, 5.74) is 2.54. The number of hydrogen-bond acceptors (Lipinski definition) is 5. The lowest BCUT2D eigenvalue weighted by Gasteiger charge is -2.11. The number of anilines is 2. The van der Waals surface area contributed by atoms with Crippen molar-refractivity contribution in [1.29, 1.82) is 0 Å². The fourth-order valence-corrected chi connectivity index (χ4v) is 3.18. The van der Waals surface area contributed by atoms with Gasteiger partial charge in [-0.25, -0.2) is 4.39 Å². The van der Waals surface area contributed by atoms with E-state index in [-0.39, 0.29) is 24.0 Å². The molecule has 0 unspecified atom stereocenters. The van der Waals surface area contributed by atoms with Crippen LogP contribution in [0.4, 0.5) is 15.8 Å². The zero-order chi connectivity index (χ0) is 22.0. The molecule has 0 saturated heterocycles. The van der Waals surface area contributed by atoms with E-state index >= 15 is 0 Å². The first-order chi connectivity index (χ1) is 14.9. The van der Waals surface area contributed by atoms with E-state index in [4.69, 9.17) is 9.15 Å². The predicted molar refractivity (Wildman–Crippen MR) is 117 cm³/mol. The molecule has 0 bridgehead atoms. The number of furan rings is 1. The first-order valence-corrected chi connectivity index (χ1v) is 9.76. The van der Waals surface area contributed by atoms with E-state index in [0.29, 0.717) is 28.0 Å². The molecule has 0 saturated carbocycles. The number of amides is 1. The molecule has 7 heteroatoms. The number of para-hydroxylation sites is 1. The lowest BCUT2D eigenvalue weighted by atomic mass is 10.1. The summed E-state index contributed by atoms with van der Waals surface area (Å²) in [6, 6.07) is 14.2. The molecule has 0 spiro atoms. The molecular weight excluding hydrogens is 397 g/mol. The maximum atomic E-state index is 14.5. The van der Waals surface area contributed by atoms with Crippen molar-refractivity contribution in [3.8, 4) is 5.75 Å². The van der Waals surface area contributed by atoms with Crippen LogP contribution < -0.4 is 10.1 Å². The summed E-state index contributed by atoms with van der Waals surface area (Å²) in [7, 11) is 3.26. The third kappa shape index (κ3) is 4.21. The number of nitrogens with one attached hydrogen (secondary N) is 1. The third-order valence-electron chi connectivity index (χ3n) is 4.79. The van der Waals surface area contributed by atoms with Crippen LogP contribution in [0.15, 0.2) is 65.3 Å². The summed E-state index contributed by atoms with van der Waals surface area (Å²) in [6.45, 7) is 2.01. The maximum absolute atomic E-state index is 14.5. The van der Waals surface area contributed by atoms with Crippen LogP contribution in [0.3, 0.4) is 0 Å². The van der Waals surface area contributed by atoms with Crippen molar-refractivity contribution >= 4 is 28.3 Å². The zero-order valence-electron chi connectivity index (χ0n) is 17.5. The SMILES string of the molecule is Cc1ccc(Nc2c(C(=O)N(C)C)oc3c(COc4ccccc4)cncc23)c(F)c1. The van der Waals surface area contributed by atoms with Crippen molar-refractivity contribution in [3.63, 3.8) is 0 Å². The average molecular weight is 419 g/mol. The number of halogens is 1. The molecule has 1 amide bonds. The predicted octanol–water partition coefficient (Wildman–Crippen LogP) is 5.30. The van der Waals surface area contributed by atoms with Crippen molar-refractivity contribution in [2.75, 3.05) is 19.4 Å². The smallest absolute Gasteiger partial charge is 0.291 e. The lowest BCUT2D eigenvalue weighted by Crippen LogP contribution is -2.22. The van der Waals surface area contributed by atoms with E-state index in [1.807, 2.05) is 37.3 Å². The molecule has 158 valence electrons. The van der Waals surface area contributed by atoms with Crippen molar-refractivity contribution < 1.29 is 18.3 Å². The number of hydrogen-bond donors (Lipinski definition) is 1. The second-order valence-electron chi connectivity index (χ2n) is 7.39. The Labute approximate surface area is 179 Å². The molecule has 1 N–H and O–H groups in total. The highest BCUT2D eigenvalue weighted by molar-refractivity contribution is 6.07. The Morgan fingerprint density at radius 3 is 2.65 bits per heavy atom. The molecule has 2 heterocycles. The van der Waals surface area contributed by atoms with Crippen molar-refractivity contribution in [1.82, 2.24) is 9.88 Å². The summed E-state index contributed by atoms with van der Waals surface area (Å²) >= 11 is 0. The molecule has 0 aliphatic carbocycles. The molecule has 0 aliphatic rings. The second kappa shape index (κ2) is 8.47. The lowest BCUT2D eigenvalue weighted by molar-refractivity contribution is 0.0800. The van der Waals surface area contributed by atoms with Crippen LogP contribution in [0.25, 0.3) is 11.0 Å². The van der Waals surface area contributed by atoms with Crippen LogP contribution in [0.5, 0.6) is 5.75 Å². The van der Waals surface area contributed by atoms with Gasteiger partial charge in [0, 0.05) is 26.5 Å². The average Bonchev–Trinajstić information content (AvgIpc) is 3.13. The number of aromatic nitrogens is 1. The number of nitrogens with zero attached hydrogens (tertiary/aromatic N) is 2. The highest BCUT2D eigenvalue weighted by Crippen LogP contribution is 2.36. The monoisotopic (exact) mass is 419 g/mol. The van der Waals surface area contributed by atoms with Gasteiger partial charge < -0.3 is 19.4 Å². The number of rotatable bonds is 6. The number of fused-ring (bicyclic) bond motifs is 1. The molecule has 6 nitrogen and oxygen atoms in total. The summed E-state index contributed by atoms with van der Waals surface area (Å²) in [5.74, 6) is 0.0138. The van der Waals surface area contributed by atoms with Gasteiger partial charge in [0.05, 0.1) is 16.6 Å². The summed E-state index contributed by atoms with van der Waals surface area (Å²) in [6.07, 6.45) is 3.22. The van der Waals surface area contributed by atoms with Gasteiger partial charge in [-0.2, -0.15) is 0 Å². The largest absolute Gasteiger partial charge is 0.489 e. The summed E-state index contributed by atoms with van der Waals surface area (Å²) < 4.78 is 26.3. The molecular formula is C24H22FN3O3. The Kier molecular flexibility index (Phi) is 5.58. The maximum Gasteiger partial charge on any atom is 0.291 e. The number of aryl methyl sites for hydroxylation is 1. The molecule has 0 atom stereocenters. The summed E-state index contributed by atoms with van der Waals surface area (Å²) in [4.78, 5) is 18.5. The van der Waals surface area contributed by atoms with Gasteiger partial charge in [0.1, 0.15) is 29.4 Å². The number of benzene rings is 2. The molecule has 0 aliphatic heterocycles. The number of ether oxygens (including phenoxy) is 1. The van der Waals surface area contributed by atoms with Gasteiger partial charge >= 0.3 is 0 Å². The highest BCUT2D eigenvalue weighted by atomic mass is 19.1. The van der Waals surface area contributed by atoms with Gasteiger partial charge in [0.2, 0.25) is 5.76 Å². The van der Waals surface area contributed by atoms with E-state index in [1.54, 1.807) is 38.6 Å². The Hall–Kier alpha value is -3.87. The van der Waals surface area contributed by atoms with E-state index in [1.165, 1.54) is 11.0 Å². The molecule has 4 rings (SSSR count). The number of carbonyl (C=O) groups is 1. The van der Waals surface area contributed by atoms with Crippen LogP contribution in [-0.4, -0.2) is 29.9 Å². The summed E-state index contributed by atoms with van der Waals surface area (Å²) in [5, 5.41) is 3.60. The molecule has 2 aromatic heterocycles. The molecule has 0 radical (unpaired) electrons. The van der Waals surface area contributed by atoms with Crippen molar-refractivity contribution in [2.45, 2.75) is 13.5 Å². The van der Waals surface area contributed by atoms with E-state index in [2.05, 4.69) is 10.3 Å². The van der Waals surface area contributed by atoms with E-state index in [9.17, 15) is 9.18 Å². The van der Waals surface area contributed by atoms with Gasteiger partial charge in [0.15, 0.2) is 0 Å². The first kappa shape index (κ1) is 20.4. The minimum absolute atomic E-state index is 0.0777. The van der Waals surface area contributed by atoms with Crippen molar-refractivity contribution in [3.05, 3.63) is 83.6 Å². The normalized spacial score (nSPS) is 10.8. The van der Waals surface area contributed by atoms with Crippen LogP contribution in [0, 0.1) is 12.7 Å². The third-order valence-corrected chi connectivity index (χ3v) is 4.79. The highest BCUT2D eigenvalue weighted by Gasteiger charge is 2.25. The first-order valence-electron chi connectivity index (χ1n) is 9.76. The second-order valence-corrected chi connectivity index (χ2v) is 7.39. The van der Waals surface area contributed by atoms with E-state index in [0.717, 1.165) is 5.56 Å². The van der Waals surface area contributed by atoms with Crippen LogP contribution in [0.2, 0.25) is 0 Å². The van der Waals surface area contributed by atoms with Crippen molar-refractivity contribution in [2.24, 2.45) is 0 Å². The van der Waals surface area contributed by atoms with Gasteiger partial charge in [-0.3, -0.25) is 9.78 Å². The molecule has 4 aromatic rings.